The summed E-state index contributed by atoms with van der Waals surface area (Å²) in [7, 11) is 0. The largest absolute Gasteiger partial charge is 0.506 e. The molecule has 15 aromatic heterocycles. The number of aliphatic hydroxyl groups is 3. The van der Waals surface area contributed by atoms with Crippen LogP contribution in [0.4, 0.5) is 57.5 Å². The fourth-order valence-electron chi connectivity index (χ4n) is 14.3. The van der Waals surface area contributed by atoms with Gasteiger partial charge in [0.15, 0.2) is 46.4 Å². The van der Waals surface area contributed by atoms with E-state index >= 15 is 0 Å². The van der Waals surface area contributed by atoms with Gasteiger partial charge in [-0.25, -0.2) is 72.5 Å². The van der Waals surface area contributed by atoms with E-state index in [9.17, 15) is 39.3 Å². The highest BCUT2D eigenvalue weighted by Crippen LogP contribution is 2.37. The van der Waals surface area contributed by atoms with E-state index in [1.807, 2.05) is 176 Å². The Labute approximate surface area is 786 Å². The molecule has 41 heteroatoms. The second-order valence-electron chi connectivity index (χ2n) is 31.0. The molecule has 0 atom stereocenters. The van der Waals surface area contributed by atoms with Crippen molar-refractivity contribution in [2.75, 3.05) is 59.3 Å². The van der Waals surface area contributed by atoms with Gasteiger partial charge in [-0.05, 0) is 154 Å². The molecule has 0 radical (unpaired) electrons. The molecule has 12 N–H and O–H groups in total. The number of rotatable bonds is 30. The fraction of sp³-hybridized carbons (Fsp3) is 0.167. The van der Waals surface area contributed by atoms with Crippen LogP contribution in [0.3, 0.4) is 0 Å². The predicted molar refractivity (Wildman–Crippen MR) is 525 cm³/mol. The third-order valence-corrected chi connectivity index (χ3v) is 21.6. The number of fused-ring (bicyclic) bond motifs is 5. The van der Waals surface area contributed by atoms with Crippen LogP contribution in [0, 0.1) is 0 Å². The van der Waals surface area contributed by atoms with Crippen molar-refractivity contribution in [3.05, 3.63) is 334 Å². The molecule has 0 amide bonds. The first-order chi connectivity index (χ1) is 66.9. The Hall–Kier alpha value is -18.1. The van der Waals surface area contributed by atoms with Crippen molar-refractivity contribution >= 4 is 154 Å². The molecular formula is C96H93ClN32O8. The summed E-state index contributed by atoms with van der Waals surface area (Å²) in [5.41, 5.74) is 21.6. The van der Waals surface area contributed by atoms with Crippen molar-refractivity contribution in [3.63, 3.8) is 0 Å². The third kappa shape index (κ3) is 23.6. The van der Waals surface area contributed by atoms with E-state index in [2.05, 4.69) is 102 Å². The Balaban J connectivity index is 0.000000124. The molecule has 20 rings (SSSR count). The molecule has 0 fully saturated rings. The molecule has 15 heterocycles. The smallest absolute Gasteiger partial charge is 0.207 e. The third-order valence-electron chi connectivity index (χ3n) is 21.3. The van der Waals surface area contributed by atoms with Crippen molar-refractivity contribution in [3.8, 4) is 0 Å². The SMILES string of the molecule is CC1=C(O)C(=Nc2c(NCCCn3ccnc3)nn3ccccc23)C=CC1=O.NC1=CC(=O)C(=Nc2c(NCCCn3ccnc3)nn3ccccc23)C=C1.NC1=CC(=O)C=CC1=Nc1c(NCCCn2ccnc2)nn2ccccc12.O=C1C=C(O)C(Cl)=CC1=Nc1c(NCCCn2ccnc2)nn2ccccc12.O=C1C=CC(=Nc2c(NCCCn3ccnc3)nn3ccccc23)C(O)=C1. The molecule has 692 valence electrons. The van der Waals surface area contributed by atoms with Crippen molar-refractivity contribution in [2.24, 2.45) is 36.4 Å². The fourth-order valence-corrected chi connectivity index (χ4v) is 14.5. The molecule has 15 aromatic rings. The second-order valence-corrected chi connectivity index (χ2v) is 31.4. The highest BCUT2D eigenvalue weighted by Gasteiger charge is 2.25. The van der Waals surface area contributed by atoms with Crippen LogP contribution in [0.15, 0.2) is 359 Å². The van der Waals surface area contributed by atoms with Crippen molar-refractivity contribution in [2.45, 2.75) is 71.8 Å². The van der Waals surface area contributed by atoms with Gasteiger partial charge >= 0.3 is 0 Å². The van der Waals surface area contributed by atoms with Gasteiger partial charge in [0.25, 0.3) is 0 Å². The van der Waals surface area contributed by atoms with Gasteiger partial charge in [-0.3, -0.25) is 24.0 Å². The molecule has 0 bridgehead atoms. The van der Waals surface area contributed by atoms with E-state index in [0.717, 1.165) is 118 Å². The van der Waals surface area contributed by atoms with Crippen LogP contribution in [0.5, 0.6) is 0 Å². The summed E-state index contributed by atoms with van der Waals surface area (Å²) >= 11 is 5.94. The summed E-state index contributed by atoms with van der Waals surface area (Å²) in [6, 6.07) is 28.5. The van der Waals surface area contributed by atoms with Gasteiger partial charge in [0.1, 0.15) is 68.6 Å². The Kier molecular flexibility index (Phi) is 29.7. The zero-order chi connectivity index (χ0) is 94.9. The molecular weight excluding hydrogens is 1760 g/mol. The normalized spacial score (nSPS) is 15.6. The van der Waals surface area contributed by atoms with E-state index in [1.165, 1.54) is 48.6 Å². The van der Waals surface area contributed by atoms with Crippen LogP contribution in [-0.2, 0) is 56.7 Å². The lowest BCUT2D eigenvalue weighted by atomic mass is 10.0. The predicted octanol–water partition coefficient (Wildman–Crippen LogP) is 13.2. The summed E-state index contributed by atoms with van der Waals surface area (Å²) in [6.07, 6.45) is 59.6. The number of halogens is 1. The van der Waals surface area contributed by atoms with Gasteiger partial charge in [0.05, 0.1) is 75.7 Å². The van der Waals surface area contributed by atoms with Gasteiger partial charge in [-0.1, -0.05) is 41.9 Å². The number of nitrogens with one attached hydrogen (secondary N) is 5. The average Bonchev–Trinajstić information content (AvgIpc) is 1.66. The number of ketones is 5. The van der Waals surface area contributed by atoms with Crippen LogP contribution in [0.2, 0.25) is 0 Å². The standard InChI is InChI=1S/C20H20N6O2.C19H17ClN6O2.2C19H19N7O.C19H18N6O2/c1-14-17(27)7-6-15(19(14)28)23-18-16-5-2-3-11-26(16)24-20(18)22-8-4-10-25-12-9-21-13-25;20-13-10-14(17(28)11-16(13)27)23-18-15-4-1-2-8-26(15)24-19(18)22-5-3-7-25-9-6-21-12-25;20-15-12-14(27)5-6-16(15)23-18-17-4-1-2-10-26(17)24-19(18)22-7-3-9-25-11-8-21-13-25;20-14-5-6-15(17(27)12-14)23-18-16-4-1-2-10-26(16)24-19(18)22-7-3-9-25-11-8-21-13-25;26-14-5-6-15(17(27)12-14)22-18-16-4-1-2-10-25(16)23-19(18)21-7-3-9-24-11-8-20-13-24/h2-3,5-7,9,11-13,28H,4,8,10H2,1H3,(H,22,24);1-2,4,6,8-12,27H,3,5,7H2,(H,22,24);2*1-2,4-6,8,10-13H,3,7,9,20H2,(H,22,24);1-2,4-6,8,10-13,27H,3,7,9H2,(H,21,23). The van der Waals surface area contributed by atoms with Gasteiger partial charge in [-0.15, -0.1) is 25.5 Å². The summed E-state index contributed by atoms with van der Waals surface area (Å²) < 4.78 is 18.8. The van der Waals surface area contributed by atoms with E-state index in [0.29, 0.717) is 111 Å². The van der Waals surface area contributed by atoms with Gasteiger partial charge in [0, 0.05) is 194 Å². The van der Waals surface area contributed by atoms with E-state index in [-0.39, 0.29) is 56.7 Å². The lowest BCUT2D eigenvalue weighted by Crippen LogP contribution is -2.15. The first kappa shape index (κ1) is 92.2. The maximum absolute atomic E-state index is 12.2. The number of pyridine rings is 5. The molecule has 0 saturated heterocycles. The minimum Gasteiger partial charge on any atom is -0.506 e. The maximum Gasteiger partial charge on any atom is 0.207 e. The van der Waals surface area contributed by atoms with E-state index in [4.69, 9.17) is 23.1 Å². The minimum absolute atomic E-state index is 0.0738. The quantitative estimate of drug-likeness (QED) is 0.0114. The number of anilines is 5. The van der Waals surface area contributed by atoms with Crippen LogP contribution >= 0.6 is 11.6 Å². The van der Waals surface area contributed by atoms with Crippen molar-refractivity contribution in [1.29, 1.82) is 0 Å². The van der Waals surface area contributed by atoms with Gasteiger partial charge in [0.2, 0.25) is 11.6 Å². The average molecular weight is 1860 g/mol. The Bertz CT molecular complexity index is 7250. The minimum atomic E-state index is -0.414. The molecule has 137 heavy (non-hydrogen) atoms. The van der Waals surface area contributed by atoms with Crippen LogP contribution in [-0.4, -0.2) is 201 Å². The van der Waals surface area contributed by atoms with Crippen LogP contribution in [0.25, 0.3) is 27.6 Å². The number of aromatic nitrogens is 20. The second kappa shape index (κ2) is 44.2. The number of aryl methyl sites for hydroxylation is 5. The Morgan fingerprint density at radius 3 is 0.985 bits per heavy atom. The molecule has 5 aliphatic rings. The number of nitrogens with two attached hydrogens (primary N) is 2. The van der Waals surface area contributed by atoms with Crippen molar-refractivity contribution in [1.82, 2.24) is 95.8 Å². The zero-order valence-electron chi connectivity index (χ0n) is 73.9. The van der Waals surface area contributed by atoms with Crippen LogP contribution in [0.1, 0.15) is 39.0 Å². The first-order valence-electron chi connectivity index (χ1n) is 43.6. The highest BCUT2D eigenvalue weighted by atomic mass is 35.5. The molecule has 0 aliphatic heterocycles. The number of allylic oxidation sites excluding steroid dienone is 15. The summed E-state index contributed by atoms with van der Waals surface area (Å²) in [4.78, 5) is 102. The highest BCUT2D eigenvalue weighted by molar-refractivity contribution is 6.52. The molecule has 0 aromatic carbocycles. The summed E-state index contributed by atoms with van der Waals surface area (Å²) in [6.45, 7) is 9.36. The zero-order valence-corrected chi connectivity index (χ0v) is 74.7. The van der Waals surface area contributed by atoms with E-state index in [1.54, 1.807) is 110 Å². The Morgan fingerprint density at radius 2 is 0.642 bits per heavy atom. The Morgan fingerprint density at radius 1 is 0.328 bits per heavy atom. The van der Waals surface area contributed by atoms with Crippen molar-refractivity contribution < 1.29 is 39.3 Å². The molecule has 5 aliphatic carbocycles. The molecule has 0 spiro atoms. The lowest BCUT2D eigenvalue weighted by Gasteiger charge is -2.09. The van der Waals surface area contributed by atoms with Gasteiger partial charge in [-0.2, -0.15) is 0 Å². The molecule has 0 saturated carbocycles. The topological polar surface area (TPSA) is 496 Å². The molecule has 0 unspecified atom stereocenters. The maximum atomic E-state index is 12.2. The molecule has 40 nitrogen and oxygen atoms in total. The first-order valence-corrected chi connectivity index (χ1v) is 44.0. The number of aliphatic hydroxyl groups excluding tert-OH is 3. The number of carbonyl (C=O) groups excluding carboxylic acids is 5. The number of aliphatic imine (C=N–C) groups is 5. The van der Waals surface area contributed by atoms with Crippen LogP contribution < -0.4 is 38.1 Å². The summed E-state index contributed by atoms with van der Waals surface area (Å²) in [5, 5.41) is 69.4. The monoisotopic (exact) mass is 1860 g/mol. The van der Waals surface area contributed by atoms with Gasteiger partial charge < -0.3 is 76.2 Å². The lowest BCUT2D eigenvalue weighted by molar-refractivity contribution is -0.112. The van der Waals surface area contributed by atoms with E-state index < -0.39 is 5.78 Å². The number of carbonyl (C=O) groups is 5. The summed E-state index contributed by atoms with van der Waals surface area (Å²) in [5.74, 6) is 1.39. The number of hydrogen-bond donors (Lipinski definition) is 10. The number of nitrogens with zero attached hydrogens (tertiary/aromatic N) is 25. The number of hydrogen-bond acceptors (Lipinski definition) is 30. The number of imidazole rings is 5.